The van der Waals surface area contributed by atoms with Crippen LogP contribution in [-0.2, 0) is 0 Å². The van der Waals surface area contributed by atoms with Crippen LogP contribution in [0.2, 0.25) is 0 Å². The molecule has 76 valence electrons. The fourth-order valence-electron chi connectivity index (χ4n) is 1.07. The molecule has 0 N–H and O–H groups in total. The van der Waals surface area contributed by atoms with Gasteiger partial charge in [0, 0.05) is 15.4 Å². The van der Waals surface area contributed by atoms with Gasteiger partial charge in [0.15, 0.2) is 0 Å². The van der Waals surface area contributed by atoms with Gasteiger partial charge in [0.25, 0.3) is 0 Å². The molecule has 0 bridgehead atoms. The van der Waals surface area contributed by atoms with Crippen molar-refractivity contribution in [2.45, 2.75) is 12.3 Å². The Morgan fingerprint density at radius 2 is 2.21 bits per heavy atom. The van der Waals surface area contributed by atoms with Crippen LogP contribution in [0.5, 0.6) is 5.75 Å². The summed E-state index contributed by atoms with van der Waals surface area (Å²) < 4.78 is 6.25. The van der Waals surface area contributed by atoms with Crippen molar-refractivity contribution in [3.8, 4) is 5.75 Å². The lowest BCUT2D eigenvalue weighted by Gasteiger charge is -2.05. The van der Waals surface area contributed by atoms with Crippen LogP contribution in [0.1, 0.15) is 12.5 Å². The second-order valence-electron chi connectivity index (χ2n) is 2.92. The molecule has 0 spiro atoms. The number of halogens is 2. The lowest BCUT2D eigenvalue weighted by atomic mass is 10.2. The van der Waals surface area contributed by atoms with Gasteiger partial charge >= 0.3 is 0 Å². The zero-order valence-corrected chi connectivity index (χ0v) is 10.5. The molecular weight excluding hydrogens is 263 g/mol. The Morgan fingerprint density at radius 3 is 2.79 bits per heavy atom. The van der Waals surface area contributed by atoms with Crippen LogP contribution in [-0.4, -0.2) is 12.5 Å². The first-order valence-electron chi connectivity index (χ1n) is 4.29. The van der Waals surface area contributed by atoms with E-state index < -0.39 is 0 Å². The third-order valence-corrected chi connectivity index (χ3v) is 2.37. The fraction of sp³-hybridized carbons (Fsp3) is 0.273. The first-order valence-corrected chi connectivity index (χ1v) is 5.52. The number of ether oxygens (including phenoxy) is 1. The first kappa shape index (κ1) is 11.6. The molecule has 3 heteroatoms. The molecule has 1 nitrogen and oxygen atoms in total. The van der Waals surface area contributed by atoms with Crippen LogP contribution in [0.3, 0.4) is 0 Å². The van der Waals surface area contributed by atoms with Crippen LogP contribution in [0, 0.1) is 0 Å². The SMILES string of the molecule is COc1ccc(Br)cc1/C=C/C(C)Cl. The van der Waals surface area contributed by atoms with Crippen LogP contribution in [0.4, 0.5) is 0 Å². The van der Waals surface area contributed by atoms with Crippen LogP contribution in [0.25, 0.3) is 6.08 Å². The highest BCUT2D eigenvalue weighted by molar-refractivity contribution is 9.10. The summed E-state index contributed by atoms with van der Waals surface area (Å²) >= 11 is 9.23. The molecule has 0 aromatic heterocycles. The van der Waals surface area contributed by atoms with Gasteiger partial charge in [-0.1, -0.05) is 28.1 Å². The third-order valence-electron chi connectivity index (χ3n) is 1.73. The predicted molar refractivity (Wildman–Crippen MR) is 65.0 cm³/mol. The van der Waals surface area contributed by atoms with E-state index in [0.717, 1.165) is 15.8 Å². The Hall–Kier alpha value is -0.470. The van der Waals surface area contributed by atoms with Crippen molar-refractivity contribution in [1.82, 2.24) is 0 Å². The Labute approximate surface area is 97.9 Å². The highest BCUT2D eigenvalue weighted by atomic mass is 79.9. The van der Waals surface area contributed by atoms with E-state index in [1.165, 1.54) is 0 Å². The Kier molecular flexibility index (Phi) is 4.49. The van der Waals surface area contributed by atoms with Crippen molar-refractivity contribution in [2.24, 2.45) is 0 Å². The van der Waals surface area contributed by atoms with Gasteiger partial charge in [0.1, 0.15) is 5.75 Å². The van der Waals surface area contributed by atoms with Gasteiger partial charge in [-0.25, -0.2) is 0 Å². The van der Waals surface area contributed by atoms with Crippen LogP contribution >= 0.6 is 27.5 Å². The second-order valence-corrected chi connectivity index (χ2v) is 4.53. The third kappa shape index (κ3) is 3.35. The number of rotatable bonds is 3. The van der Waals surface area contributed by atoms with Gasteiger partial charge in [-0.15, -0.1) is 11.6 Å². The van der Waals surface area contributed by atoms with Gasteiger partial charge in [0.05, 0.1) is 7.11 Å². The van der Waals surface area contributed by atoms with Crippen molar-refractivity contribution in [3.63, 3.8) is 0 Å². The van der Waals surface area contributed by atoms with E-state index in [4.69, 9.17) is 16.3 Å². The standard InChI is InChI=1S/C11H12BrClO/c1-8(13)3-4-9-7-10(12)5-6-11(9)14-2/h3-8H,1-2H3/b4-3+. The maximum absolute atomic E-state index is 5.82. The van der Waals surface area contributed by atoms with Crippen molar-refractivity contribution < 1.29 is 4.74 Å². The average molecular weight is 276 g/mol. The van der Waals surface area contributed by atoms with Crippen LogP contribution < -0.4 is 4.74 Å². The van der Waals surface area contributed by atoms with E-state index in [-0.39, 0.29) is 5.38 Å². The van der Waals surface area contributed by atoms with Crippen molar-refractivity contribution >= 4 is 33.6 Å². The minimum absolute atomic E-state index is 0.0266. The zero-order chi connectivity index (χ0) is 10.6. The minimum Gasteiger partial charge on any atom is -0.496 e. The van der Waals surface area contributed by atoms with Gasteiger partial charge in [-0.3, -0.25) is 0 Å². The summed E-state index contributed by atoms with van der Waals surface area (Å²) in [6.07, 6.45) is 3.88. The normalized spacial score (nSPS) is 13.1. The molecule has 14 heavy (non-hydrogen) atoms. The Bertz CT molecular complexity index is 334. The number of alkyl halides is 1. The lowest BCUT2D eigenvalue weighted by molar-refractivity contribution is 0.414. The smallest absolute Gasteiger partial charge is 0.126 e. The number of benzene rings is 1. The maximum Gasteiger partial charge on any atom is 0.126 e. The van der Waals surface area contributed by atoms with E-state index in [1.54, 1.807) is 7.11 Å². The molecule has 0 aliphatic heterocycles. The molecule has 1 aromatic rings. The molecule has 0 radical (unpaired) electrons. The molecule has 0 saturated carbocycles. The van der Waals surface area contributed by atoms with E-state index in [9.17, 15) is 0 Å². The molecule has 1 rings (SSSR count). The molecule has 1 atom stereocenters. The summed E-state index contributed by atoms with van der Waals surface area (Å²) in [7, 11) is 1.66. The monoisotopic (exact) mass is 274 g/mol. The summed E-state index contributed by atoms with van der Waals surface area (Å²) in [6, 6.07) is 5.86. The highest BCUT2D eigenvalue weighted by Gasteiger charge is 2.00. The first-order chi connectivity index (χ1) is 6.63. The zero-order valence-electron chi connectivity index (χ0n) is 8.13. The molecule has 0 amide bonds. The van der Waals surface area contributed by atoms with E-state index in [0.29, 0.717) is 0 Å². The van der Waals surface area contributed by atoms with Gasteiger partial charge in [-0.2, -0.15) is 0 Å². The molecule has 0 aliphatic rings. The number of methoxy groups -OCH3 is 1. The fourth-order valence-corrected chi connectivity index (χ4v) is 1.52. The lowest BCUT2D eigenvalue weighted by Crippen LogP contribution is -1.87. The molecule has 0 heterocycles. The summed E-state index contributed by atoms with van der Waals surface area (Å²) in [5.41, 5.74) is 1.02. The topological polar surface area (TPSA) is 9.23 Å². The molecule has 1 unspecified atom stereocenters. The highest BCUT2D eigenvalue weighted by Crippen LogP contribution is 2.24. The van der Waals surface area contributed by atoms with Crippen LogP contribution in [0.15, 0.2) is 28.7 Å². The number of hydrogen-bond acceptors (Lipinski definition) is 1. The Morgan fingerprint density at radius 1 is 1.50 bits per heavy atom. The summed E-state index contributed by atoms with van der Waals surface area (Å²) in [6.45, 7) is 1.92. The quantitative estimate of drug-likeness (QED) is 0.755. The molecule has 1 aromatic carbocycles. The molecule has 0 aliphatic carbocycles. The summed E-state index contributed by atoms with van der Waals surface area (Å²) in [5.74, 6) is 0.849. The predicted octanol–water partition coefficient (Wildman–Crippen LogP) is 4.10. The summed E-state index contributed by atoms with van der Waals surface area (Å²) in [4.78, 5) is 0. The molecular formula is C11H12BrClO. The van der Waals surface area contributed by atoms with Gasteiger partial charge in [-0.05, 0) is 25.1 Å². The van der Waals surface area contributed by atoms with Gasteiger partial charge < -0.3 is 4.74 Å². The average Bonchev–Trinajstić information content (AvgIpc) is 2.15. The van der Waals surface area contributed by atoms with Crippen molar-refractivity contribution in [1.29, 1.82) is 0 Å². The molecule has 0 fully saturated rings. The van der Waals surface area contributed by atoms with E-state index in [2.05, 4.69) is 15.9 Å². The minimum atomic E-state index is 0.0266. The Balaban J connectivity index is 2.99. The largest absolute Gasteiger partial charge is 0.496 e. The van der Waals surface area contributed by atoms with Crippen molar-refractivity contribution in [2.75, 3.05) is 7.11 Å². The maximum atomic E-state index is 5.82. The van der Waals surface area contributed by atoms with Crippen molar-refractivity contribution in [3.05, 3.63) is 34.3 Å². The van der Waals surface area contributed by atoms with E-state index >= 15 is 0 Å². The van der Waals surface area contributed by atoms with Gasteiger partial charge in [0.2, 0.25) is 0 Å². The molecule has 0 saturated heterocycles. The second kappa shape index (κ2) is 5.42. The summed E-state index contributed by atoms with van der Waals surface area (Å²) in [5, 5.41) is 0.0266. The number of allylic oxidation sites excluding steroid dienone is 1. The number of hydrogen-bond donors (Lipinski definition) is 0. The van der Waals surface area contributed by atoms with E-state index in [1.807, 2.05) is 37.3 Å².